The number of aromatic nitrogens is 3. The highest BCUT2D eigenvalue weighted by atomic mass is 32.1. The predicted octanol–water partition coefficient (Wildman–Crippen LogP) is 3.46. The Hall–Kier alpha value is -2.38. The maximum Gasteiger partial charge on any atom is 0.224 e. The van der Waals surface area contributed by atoms with Crippen LogP contribution >= 0.6 is 11.3 Å². The Bertz CT molecular complexity index is 866. The number of aliphatic hydroxyl groups is 1. The number of fused-ring (bicyclic) bond motifs is 1. The molecule has 0 aliphatic carbocycles. The standard InChI is InChI=1S/C18H20N4O2S/c1-11(10-23)9-15(24)16-17-14(6-8-25-17)21-18(22-16)20-12(2)13-5-3-4-7-19-13/h3-8,11-12,23H,9-10H2,1-2H3,(H,20,21,22)/t11-,12+/m1/s1. The van der Waals surface area contributed by atoms with Gasteiger partial charge in [0.15, 0.2) is 5.78 Å². The molecule has 0 fully saturated rings. The van der Waals surface area contributed by atoms with Gasteiger partial charge in [-0.2, -0.15) is 0 Å². The third-order valence-electron chi connectivity index (χ3n) is 3.89. The molecular formula is C18H20N4O2S. The van der Waals surface area contributed by atoms with E-state index in [-0.39, 0.29) is 30.8 Å². The largest absolute Gasteiger partial charge is 0.396 e. The average molecular weight is 356 g/mol. The number of carbonyl (C=O) groups is 1. The van der Waals surface area contributed by atoms with Gasteiger partial charge in [-0.05, 0) is 36.4 Å². The van der Waals surface area contributed by atoms with Gasteiger partial charge >= 0.3 is 0 Å². The van der Waals surface area contributed by atoms with Gasteiger partial charge in [0.2, 0.25) is 5.95 Å². The van der Waals surface area contributed by atoms with Gasteiger partial charge in [0.05, 0.1) is 22.0 Å². The lowest BCUT2D eigenvalue weighted by molar-refractivity contribution is 0.0940. The molecule has 0 aliphatic rings. The fraction of sp³-hybridized carbons (Fsp3) is 0.333. The minimum Gasteiger partial charge on any atom is -0.396 e. The molecule has 3 heterocycles. The van der Waals surface area contributed by atoms with Crippen LogP contribution in [0.2, 0.25) is 0 Å². The summed E-state index contributed by atoms with van der Waals surface area (Å²) in [7, 11) is 0. The van der Waals surface area contributed by atoms with Crippen molar-refractivity contribution >= 4 is 33.3 Å². The van der Waals surface area contributed by atoms with Gasteiger partial charge in [-0.3, -0.25) is 9.78 Å². The molecule has 0 aliphatic heterocycles. The van der Waals surface area contributed by atoms with E-state index in [0.29, 0.717) is 11.6 Å². The minimum atomic E-state index is -0.0960. The molecule has 2 N–H and O–H groups in total. The highest BCUT2D eigenvalue weighted by molar-refractivity contribution is 7.17. The van der Waals surface area contributed by atoms with Crippen LogP contribution in [0, 0.1) is 5.92 Å². The Morgan fingerprint density at radius 2 is 2.12 bits per heavy atom. The van der Waals surface area contributed by atoms with Gasteiger partial charge < -0.3 is 10.4 Å². The normalized spacial score (nSPS) is 13.6. The molecule has 130 valence electrons. The predicted molar refractivity (Wildman–Crippen MR) is 98.9 cm³/mol. The van der Waals surface area contributed by atoms with Crippen LogP contribution in [0.4, 0.5) is 5.95 Å². The summed E-state index contributed by atoms with van der Waals surface area (Å²) in [5.41, 5.74) is 2.03. The topological polar surface area (TPSA) is 88.0 Å². The highest BCUT2D eigenvalue weighted by Crippen LogP contribution is 2.26. The summed E-state index contributed by atoms with van der Waals surface area (Å²) in [5, 5.41) is 14.3. The smallest absolute Gasteiger partial charge is 0.224 e. The Balaban J connectivity index is 1.90. The molecule has 0 amide bonds. The van der Waals surface area contributed by atoms with Crippen LogP contribution in [0.3, 0.4) is 0 Å². The second-order valence-electron chi connectivity index (χ2n) is 6.07. The van der Waals surface area contributed by atoms with E-state index in [1.807, 2.05) is 43.5 Å². The van der Waals surface area contributed by atoms with Gasteiger partial charge in [0, 0.05) is 19.2 Å². The summed E-state index contributed by atoms with van der Waals surface area (Å²) >= 11 is 1.45. The van der Waals surface area contributed by atoms with Crippen LogP contribution in [0.15, 0.2) is 35.8 Å². The van der Waals surface area contributed by atoms with Crippen LogP contribution in [0.1, 0.15) is 42.5 Å². The molecule has 6 nitrogen and oxygen atoms in total. The zero-order chi connectivity index (χ0) is 17.8. The third-order valence-corrected chi connectivity index (χ3v) is 4.80. The van der Waals surface area contributed by atoms with Crippen molar-refractivity contribution in [3.8, 4) is 0 Å². The van der Waals surface area contributed by atoms with Crippen LogP contribution < -0.4 is 5.32 Å². The molecule has 7 heteroatoms. The maximum atomic E-state index is 12.6. The van der Waals surface area contributed by atoms with Crippen molar-refractivity contribution in [3.05, 3.63) is 47.2 Å². The maximum absolute atomic E-state index is 12.6. The van der Waals surface area contributed by atoms with Gasteiger partial charge in [-0.15, -0.1) is 11.3 Å². The van der Waals surface area contributed by atoms with Gasteiger partial charge in [0.25, 0.3) is 0 Å². The molecule has 0 saturated heterocycles. The van der Waals surface area contributed by atoms with E-state index in [4.69, 9.17) is 0 Å². The van der Waals surface area contributed by atoms with Crippen LogP contribution in [-0.2, 0) is 0 Å². The first-order valence-corrected chi connectivity index (χ1v) is 9.03. The number of anilines is 1. The Morgan fingerprint density at radius 1 is 1.28 bits per heavy atom. The summed E-state index contributed by atoms with van der Waals surface area (Å²) < 4.78 is 0.783. The number of rotatable bonds is 7. The summed E-state index contributed by atoms with van der Waals surface area (Å²) in [6.07, 6.45) is 2.00. The lowest BCUT2D eigenvalue weighted by Crippen LogP contribution is -2.15. The first-order valence-electron chi connectivity index (χ1n) is 8.15. The number of carbonyl (C=O) groups excluding carboxylic acids is 1. The monoisotopic (exact) mass is 356 g/mol. The van der Waals surface area contributed by atoms with Crippen molar-refractivity contribution in [2.45, 2.75) is 26.3 Å². The molecule has 0 spiro atoms. The molecule has 0 bridgehead atoms. The van der Waals surface area contributed by atoms with E-state index in [9.17, 15) is 9.90 Å². The quantitative estimate of drug-likeness (QED) is 0.630. The van der Waals surface area contributed by atoms with E-state index in [0.717, 1.165) is 15.9 Å². The van der Waals surface area contributed by atoms with Crippen molar-refractivity contribution in [2.75, 3.05) is 11.9 Å². The number of ketones is 1. The first kappa shape index (κ1) is 17.4. The number of thiophene rings is 1. The fourth-order valence-electron chi connectivity index (χ4n) is 2.49. The van der Waals surface area contributed by atoms with Crippen molar-refractivity contribution in [1.82, 2.24) is 15.0 Å². The summed E-state index contributed by atoms with van der Waals surface area (Å²) in [4.78, 5) is 25.9. The van der Waals surface area contributed by atoms with Gasteiger partial charge in [-0.1, -0.05) is 13.0 Å². The SMILES string of the molecule is C[C@@H](CO)CC(=O)c1nc(N[C@@H](C)c2ccccn2)nc2ccsc12. The van der Waals surface area contributed by atoms with Crippen LogP contribution in [0.25, 0.3) is 10.2 Å². The molecular weight excluding hydrogens is 336 g/mol. The van der Waals surface area contributed by atoms with Crippen LogP contribution in [-0.4, -0.2) is 32.4 Å². The van der Waals surface area contributed by atoms with E-state index in [2.05, 4.69) is 20.3 Å². The molecule has 0 saturated carbocycles. The number of pyridine rings is 1. The summed E-state index contributed by atoms with van der Waals surface area (Å²) in [6.45, 7) is 3.79. The zero-order valence-electron chi connectivity index (χ0n) is 14.1. The van der Waals surface area contributed by atoms with Crippen molar-refractivity contribution in [2.24, 2.45) is 5.92 Å². The molecule has 3 rings (SSSR count). The summed E-state index contributed by atoms with van der Waals surface area (Å²) in [6, 6.07) is 7.51. The Morgan fingerprint density at radius 3 is 2.84 bits per heavy atom. The van der Waals surface area contributed by atoms with Gasteiger partial charge in [-0.25, -0.2) is 9.97 Å². The number of aliphatic hydroxyl groups excluding tert-OH is 1. The van der Waals surface area contributed by atoms with E-state index in [1.54, 1.807) is 6.20 Å². The minimum absolute atomic E-state index is 0.0216. The Kier molecular flexibility index (Phi) is 5.35. The molecule has 0 aromatic carbocycles. The lowest BCUT2D eigenvalue weighted by atomic mass is 10.0. The lowest BCUT2D eigenvalue weighted by Gasteiger charge is -2.14. The average Bonchev–Trinajstić information content (AvgIpc) is 3.10. The molecule has 0 unspecified atom stereocenters. The molecule has 3 aromatic heterocycles. The first-order chi connectivity index (χ1) is 12.1. The third kappa shape index (κ3) is 4.00. The number of hydrogen-bond donors (Lipinski definition) is 2. The second kappa shape index (κ2) is 7.67. The highest BCUT2D eigenvalue weighted by Gasteiger charge is 2.19. The number of Topliss-reactive ketones (excluding diaryl/α,β-unsaturated/α-hetero) is 1. The van der Waals surface area contributed by atoms with Crippen molar-refractivity contribution in [1.29, 1.82) is 0 Å². The van der Waals surface area contributed by atoms with Crippen molar-refractivity contribution in [3.63, 3.8) is 0 Å². The number of nitrogens with zero attached hydrogens (tertiary/aromatic N) is 3. The molecule has 3 aromatic rings. The van der Waals surface area contributed by atoms with Gasteiger partial charge in [0.1, 0.15) is 5.69 Å². The molecule has 25 heavy (non-hydrogen) atoms. The molecule has 0 radical (unpaired) electrons. The van der Waals surface area contributed by atoms with Crippen LogP contribution in [0.5, 0.6) is 0 Å². The second-order valence-corrected chi connectivity index (χ2v) is 6.98. The number of nitrogens with one attached hydrogen (secondary N) is 1. The number of hydrogen-bond acceptors (Lipinski definition) is 7. The molecule has 2 atom stereocenters. The van der Waals surface area contributed by atoms with Crippen molar-refractivity contribution < 1.29 is 9.90 Å². The van der Waals surface area contributed by atoms with E-state index >= 15 is 0 Å². The summed E-state index contributed by atoms with van der Waals surface area (Å²) in [5.74, 6) is 0.232. The fourth-order valence-corrected chi connectivity index (χ4v) is 3.33. The zero-order valence-corrected chi connectivity index (χ0v) is 15.0. The van der Waals surface area contributed by atoms with E-state index < -0.39 is 0 Å². The Labute approximate surface area is 150 Å². The van der Waals surface area contributed by atoms with E-state index in [1.165, 1.54) is 11.3 Å².